The first kappa shape index (κ1) is 8.94. The maximum atomic E-state index is 4.90. The van der Waals surface area contributed by atoms with Crippen LogP contribution >= 0.6 is 0 Å². The van der Waals surface area contributed by atoms with Gasteiger partial charge in [-0.3, -0.25) is 0 Å². The minimum absolute atomic E-state index is 0.368. The summed E-state index contributed by atoms with van der Waals surface area (Å²) in [6.45, 7) is 2.01. The quantitative estimate of drug-likeness (QED) is 0.656. The van der Waals surface area contributed by atoms with E-state index in [1.807, 2.05) is 37.3 Å². The van der Waals surface area contributed by atoms with Crippen molar-refractivity contribution in [1.82, 2.24) is 0 Å². The molecule has 1 aliphatic heterocycles. The summed E-state index contributed by atoms with van der Waals surface area (Å²) in [6, 6.07) is 7.96. The van der Waals surface area contributed by atoms with Crippen LogP contribution in [0.15, 0.2) is 46.8 Å². The molecular formula is C11H12N2O. The molecule has 0 bridgehead atoms. The normalized spacial score (nSPS) is 24.1. The first-order valence-electron chi connectivity index (χ1n) is 4.49. The van der Waals surface area contributed by atoms with E-state index in [1.165, 1.54) is 0 Å². The average molecular weight is 188 g/mol. The Bertz CT molecular complexity index is 398. The zero-order valence-electron chi connectivity index (χ0n) is 8.27. The number of hydrogen-bond acceptors (Lipinski definition) is 3. The number of benzene rings is 1. The van der Waals surface area contributed by atoms with Crippen LogP contribution in [0.25, 0.3) is 0 Å². The van der Waals surface area contributed by atoms with Crippen LogP contribution in [0.2, 0.25) is 0 Å². The molecule has 0 unspecified atom stereocenters. The summed E-state index contributed by atoms with van der Waals surface area (Å²) in [4.78, 5) is 0. The fourth-order valence-corrected chi connectivity index (χ4v) is 1.52. The van der Waals surface area contributed by atoms with Crippen molar-refractivity contribution < 1.29 is 4.74 Å². The number of fused-ring (bicyclic) bond motifs is 1. The van der Waals surface area contributed by atoms with Gasteiger partial charge in [-0.1, -0.05) is 18.2 Å². The molecule has 1 atom stereocenters. The second kappa shape index (κ2) is 3.25. The molecule has 14 heavy (non-hydrogen) atoms. The monoisotopic (exact) mass is 188 g/mol. The molecule has 0 N–H and O–H groups in total. The molecule has 0 saturated heterocycles. The molecule has 1 aliphatic rings. The first-order chi connectivity index (χ1) is 6.76. The summed E-state index contributed by atoms with van der Waals surface area (Å²) in [6.07, 6.45) is 3.55. The van der Waals surface area contributed by atoms with Crippen LogP contribution < -0.4 is 0 Å². The van der Waals surface area contributed by atoms with Gasteiger partial charge >= 0.3 is 0 Å². The van der Waals surface area contributed by atoms with Gasteiger partial charge in [0, 0.05) is 5.56 Å². The van der Waals surface area contributed by atoms with Crippen molar-refractivity contribution in [2.75, 3.05) is 7.11 Å². The fourth-order valence-electron chi connectivity index (χ4n) is 1.52. The molecule has 0 aliphatic carbocycles. The number of rotatable bonds is 2. The fraction of sp³-hybridized carbons (Fsp3) is 0.273. The lowest BCUT2D eigenvalue weighted by Crippen LogP contribution is -2.11. The van der Waals surface area contributed by atoms with E-state index >= 15 is 0 Å². The van der Waals surface area contributed by atoms with Gasteiger partial charge in [0.2, 0.25) is 0 Å². The molecule has 3 heteroatoms. The van der Waals surface area contributed by atoms with E-state index < -0.39 is 0 Å². The van der Waals surface area contributed by atoms with E-state index in [0.29, 0.717) is 0 Å². The molecule has 1 aromatic rings. The van der Waals surface area contributed by atoms with Crippen molar-refractivity contribution in [2.45, 2.75) is 12.5 Å². The van der Waals surface area contributed by atoms with Crippen LogP contribution in [-0.4, -0.2) is 7.11 Å². The summed E-state index contributed by atoms with van der Waals surface area (Å²) in [5.41, 5.74) is 1.69. The summed E-state index contributed by atoms with van der Waals surface area (Å²) in [5, 5.41) is 8.35. The molecule has 0 saturated carbocycles. The molecule has 0 aromatic heterocycles. The van der Waals surface area contributed by atoms with E-state index in [1.54, 1.807) is 13.4 Å². The maximum Gasteiger partial charge on any atom is 0.127 e. The van der Waals surface area contributed by atoms with E-state index in [0.717, 1.165) is 11.3 Å². The van der Waals surface area contributed by atoms with Crippen LogP contribution in [0.4, 0.5) is 5.69 Å². The summed E-state index contributed by atoms with van der Waals surface area (Å²) in [7, 11) is 1.62. The van der Waals surface area contributed by atoms with Crippen molar-refractivity contribution in [2.24, 2.45) is 10.2 Å². The zero-order valence-corrected chi connectivity index (χ0v) is 8.27. The van der Waals surface area contributed by atoms with Crippen LogP contribution in [-0.2, 0) is 10.3 Å². The molecule has 1 heterocycles. The first-order valence-corrected chi connectivity index (χ1v) is 4.49. The second-order valence-electron chi connectivity index (χ2n) is 3.40. The van der Waals surface area contributed by atoms with E-state index in [-0.39, 0.29) is 5.54 Å². The molecule has 3 nitrogen and oxygen atoms in total. The Hall–Kier alpha value is -1.64. The van der Waals surface area contributed by atoms with Crippen molar-refractivity contribution >= 4 is 5.69 Å². The Morgan fingerprint density at radius 2 is 2.14 bits per heavy atom. The van der Waals surface area contributed by atoms with Crippen molar-refractivity contribution in [3.05, 3.63) is 42.2 Å². The predicted molar refractivity (Wildman–Crippen MR) is 54.5 cm³/mol. The minimum Gasteiger partial charge on any atom is -0.505 e. The van der Waals surface area contributed by atoms with Gasteiger partial charge < -0.3 is 4.74 Å². The van der Waals surface area contributed by atoms with Crippen LogP contribution in [0.5, 0.6) is 0 Å². The van der Waals surface area contributed by atoms with Gasteiger partial charge in [-0.05, 0) is 19.1 Å². The highest BCUT2D eigenvalue weighted by molar-refractivity contribution is 5.53. The largest absolute Gasteiger partial charge is 0.505 e. The van der Waals surface area contributed by atoms with E-state index in [4.69, 9.17) is 4.74 Å². The average Bonchev–Trinajstić information content (AvgIpc) is 2.55. The van der Waals surface area contributed by atoms with E-state index in [9.17, 15) is 0 Å². The molecule has 72 valence electrons. The topological polar surface area (TPSA) is 34.0 Å². The lowest BCUT2D eigenvalue weighted by atomic mass is 9.93. The highest BCUT2D eigenvalue weighted by Crippen LogP contribution is 2.40. The minimum atomic E-state index is -0.368. The molecule has 2 rings (SSSR count). The van der Waals surface area contributed by atoms with Crippen molar-refractivity contribution in [3.8, 4) is 0 Å². The number of methoxy groups -OCH3 is 1. The van der Waals surface area contributed by atoms with Gasteiger partial charge in [-0.15, -0.1) is 0 Å². The number of nitrogens with zero attached hydrogens (tertiary/aromatic N) is 2. The zero-order chi connectivity index (χ0) is 10.0. The van der Waals surface area contributed by atoms with E-state index in [2.05, 4.69) is 10.2 Å². The van der Waals surface area contributed by atoms with Crippen molar-refractivity contribution in [3.63, 3.8) is 0 Å². The highest BCUT2D eigenvalue weighted by atomic mass is 16.5. The SMILES string of the molecule is CO/C=C/[C@]1(C)N=Nc2ccccc21. The molecule has 0 amide bonds. The number of ether oxygens (including phenoxy) is 1. The van der Waals surface area contributed by atoms with Crippen LogP contribution in [0.3, 0.4) is 0 Å². The lowest BCUT2D eigenvalue weighted by molar-refractivity contribution is 0.332. The Labute approximate surface area is 83.1 Å². The molecule has 0 radical (unpaired) electrons. The van der Waals surface area contributed by atoms with Gasteiger partial charge in [0.05, 0.1) is 19.1 Å². The maximum absolute atomic E-state index is 4.90. The standard InChI is InChI=1S/C11H12N2O/c1-11(7-8-14-2)9-5-3-4-6-10(9)12-13-11/h3-8H,1-2H3/b8-7+/t11-/m0/s1. The second-order valence-corrected chi connectivity index (χ2v) is 3.40. The highest BCUT2D eigenvalue weighted by Gasteiger charge is 2.30. The van der Waals surface area contributed by atoms with Gasteiger partial charge in [0.15, 0.2) is 0 Å². The van der Waals surface area contributed by atoms with Gasteiger partial charge in [0.1, 0.15) is 5.54 Å². The Balaban J connectivity index is 2.42. The van der Waals surface area contributed by atoms with Crippen LogP contribution in [0, 0.1) is 0 Å². The van der Waals surface area contributed by atoms with Crippen LogP contribution in [0.1, 0.15) is 12.5 Å². The Kier molecular flexibility index (Phi) is 2.08. The van der Waals surface area contributed by atoms with Gasteiger partial charge in [-0.2, -0.15) is 10.2 Å². The van der Waals surface area contributed by atoms with Gasteiger partial charge in [-0.25, -0.2) is 0 Å². The Morgan fingerprint density at radius 3 is 2.93 bits per heavy atom. The number of azo groups is 1. The molecule has 0 fully saturated rings. The summed E-state index contributed by atoms with van der Waals surface area (Å²) < 4.78 is 4.90. The predicted octanol–water partition coefficient (Wildman–Crippen LogP) is 3.16. The molecular weight excluding hydrogens is 176 g/mol. The lowest BCUT2D eigenvalue weighted by Gasteiger charge is -2.14. The van der Waals surface area contributed by atoms with Gasteiger partial charge in [0.25, 0.3) is 0 Å². The Morgan fingerprint density at radius 1 is 1.36 bits per heavy atom. The third kappa shape index (κ3) is 1.31. The molecule has 0 spiro atoms. The smallest absolute Gasteiger partial charge is 0.127 e. The molecule has 1 aromatic carbocycles. The third-order valence-corrected chi connectivity index (χ3v) is 2.34. The third-order valence-electron chi connectivity index (χ3n) is 2.34. The van der Waals surface area contributed by atoms with Crippen molar-refractivity contribution in [1.29, 1.82) is 0 Å². The summed E-state index contributed by atoms with van der Waals surface area (Å²) >= 11 is 0. The summed E-state index contributed by atoms with van der Waals surface area (Å²) in [5.74, 6) is 0. The number of hydrogen-bond donors (Lipinski definition) is 0.